The molecule has 7 nitrogen and oxygen atoms in total. The number of carboxylic acid groups (broad SMARTS) is 1. The van der Waals surface area contributed by atoms with E-state index in [2.05, 4.69) is 9.97 Å². The number of anilines is 1. The highest BCUT2D eigenvalue weighted by Crippen LogP contribution is 2.10. The lowest BCUT2D eigenvalue weighted by atomic mass is 10.2. The van der Waals surface area contributed by atoms with E-state index in [-0.39, 0.29) is 12.1 Å². The lowest BCUT2D eigenvalue weighted by Crippen LogP contribution is -2.35. The second-order valence-corrected chi connectivity index (χ2v) is 3.45. The van der Waals surface area contributed by atoms with Crippen LogP contribution < -0.4 is 10.6 Å². The van der Waals surface area contributed by atoms with Gasteiger partial charge in [0.15, 0.2) is 0 Å². The Morgan fingerprint density at radius 3 is 2.59 bits per heavy atom. The number of hydrogen-bond donors (Lipinski definition) is 2. The lowest BCUT2D eigenvalue weighted by Gasteiger charge is -2.19. The highest BCUT2D eigenvalue weighted by molar-refractivity contribution is 5.88. The molecule has 0 aromatic carbocycles. The van der Waals surface area contributed by atoms with Gasteiger partial charge >= 0.3 is 5.97 Å². The fraction of sp³-hybridized carbons (Fsp3) is 0.400. The lowest BCUT2D eigenvalue weighted by molar-refractivity contribution is -0.116. The molecule has 0 fully saturated rings. The van der Waals surface area contributed by atoms with Crippen molar-refractivity contribution in [3.8, 4) is 0 Å². The summed E-state index contributed by atoms with van der Waals surface area (Å²) < 4.78 is 0. The van der Waals surface area contributed by atoms with Gasteiger partial charge in [-0.1, -0.05) is 0 Å². The standard InChI is InChI=1S/C10H14N4O3/c1-3-14(5-8(11)15)10-12-4-7(9(16)17)6(2)13-10/h4H,3,5H2,1-2H3,(H2,11,15)(H,16,17). The second kappa shape index (κ2) is 5.24. The SMILES string of the molecule is CCN(CC(N)=O)c1ncc(C(=O)O)c(C)n1. The van der Waals surface area contributed by atoms with Crippen LogP contribution in [0.4, 0.5) is 5.95 Å². The van der Waals surface area contributed by atoms with Crippen molar-refractivity contribution in [1.29, 1.82) is 0 Å². The molecular formula is C10H14N4O3. The van der Waals surface area contributed by atoms with Gasteiger partial charge in [0.05, 0.1) is 17.8 Å². The third-order valence-electron chi connectivity index (χ3n) is 2.21. The molecule has 0 aliphatic heterocycles. The van der Waals surface area contributed by atoms with Crippen LogP contribution in [0.25, 0.3) is 0 Å². The Hall–Kier alpha value is -2.18. The van der Waals surface area contributed by atoms with E-state index in [0.29, 0.717) is 18.2 Å². The Morgan fingerprint density at radius 2 is 2.18 bits per heavy atom. The maximum Gasteiger partial charge on any atom is 0.339 e. The quantitative estimate of drug-likeness (QED) is 0.734. The van der Waals surface area contributed by atoms with Gasteiger partial charge in [-0.3, -0.25) is 4.79 Å². The zero-order valence-electron chi connectivity index (χ0n) is 9.67. The van der Waals surface area contributed by atoms with Gasteiger partial charge in [-0.05, 0) is 13.8 Å². The van der Waals surface area contributed by atoms with Crippen LogP contribution in [-0.4, -0.2) is 40.0 Å². The van der Waals surface area contributed by atoms with Gasteiger partial charge < -0.3 is 15.7 Å². The summed E-state index contributed by atoms with van der Waals surface area (Å²) in [6.07, 6.45) is 1.23. The predicted octanol–water partition coefficient (Wildman–Crippen LogP) is -0.205. The first-order valence-corrected chi connectivity index (χ1v) is 5.05. The minimum atomic E-state index is -1.08. The molecule has 1 aromatic rings. The van der Waals surface area contributed by atoms with Gasteiger partial charge in [-0.2, -0.15) is 0 Å². The Kier molecular flexibility index (Phi) is 3.97. The molecule has 1 aromatic heterocycles. The van der Waals surface area contributed by atoms with Crippen molar-refractivity contribution in [3.63, 3.8) is 0 Å². The van der Waals surface area contributed by atoms with Gasteiger partial charge in [-0.15, -0.1) is 0 Å². The van der Waals surface area contributed by atoms with E-state index in [1.165, 1.54) is 6.20 Å². The first-order chi connectivity index (χ1) is 7.95. The number of hydrogen-bond acceptors (Lipinski definition) is 5. The number of primary amides is 1. The molecule has 0 atom stereocenters. The van der Waals surface area contributed by atoms with Crippen LogP contribution in [-0.2, 0) is 4.79 Å². The summed E-state index contributed by atoms with van der Waals surface area (Å²) in [5, 5.41) is 8.83. The molecule has 0 radical (unpaired) electrons. The van der Waals surface area contributed by atoms with Gasteiger partial charge in [0.2, 0.25) is 11.9 Å². The summed E-state index contributed by atoms with van der Waals surface area (Å²) in [4.78, 5) is 31.1. The number of nitrogens with zero attached hydrogens (tertiary/aromatic N) is 3. The van der Waals surface area contributed by atoms with Crippen LogP contribution in [0, 0.1) is 6.92 Å². The Bertz CT molecular complexity index is 447. The number of carboxylic acids is 1. The first-order valence-electron chi connectivity index (χ1n) is 5.05. The fourth-order valence-electron chi connectivity index (χ4n) is 1.33. The van der Waals surface area contributed by atoms with Crippen molar-refractivity contribution in [2.24, 2.45) is 5.73 Å². The summed E-state index contributed by atoms with van der Waals surface area (Å²) in [6.45, 7) is 3.91. The van der Waals surface area contributed by atoms with E-state index in [1.54, 1.807) is 11.8 Å². The number of aromatic nitrogens is 2. The normalized spacial score (nSPS) is 10.0. The molecule has 0 saturated carbocycles. The maximum absolute atomic E-state index is 10.8. The summed E-state index contributed by atoms with van der Waals surface area (Å²) in [7, 11) is 0. The molecule has 0 spiro atoms. The highest BCUT2D eigenvalue weighted by atomic mass is 16.4. The van der Waals surface area contributed by atoms with Crippen molar-refractivity contribution in [2.75, 3.05) is 18.0 Å². The molecule has 0 saturated heterocycles. The first kappa shape index (κ1) is 12.9. The van der Waals surface area contributed by atoms with Crippen LogP contribution in [0.3, 0.4) is 0 Å². The van der Waals surface area contributed by atoms with E-state index in [0.717, 1.165) is 0 Å². The van der Waals surface area contributed by atoms with E-state index in [9.17, 15) is 9.59 Å². The van der Waals surface area contributed by atoms with Crippen molar-refractivity contribution in [3.05, 3.63) is 17.5 Å². The molecule has 1 amide bonds. The van der Waals surface area contributed by atoms with E-state index in [1.807, 2.05) is 6.92 Å². The Labute approximate surface area is 98.3 Å². The van der Waals surface area contributed by atoms with Crippen molar-refractivity contribution >= 4 is 17.8 Å². The summed E-state index contributed by atoms with van der Waals surface area (Å²) in [6, 6.07) is 0. The van der Waals surface area contributed by atoms with Crippen LogP contribution in [0.1, 0.15) is 23.0 Å². The van der Waals surface area contributed by atoms with Crippen LogP contribution in [0.15, 0.2) is 6.20 Å². The molecule has 0 aliphatic rings. The molecule has 7 heteroatoms. The van der Waals surface area contributed by atoms with Crippen LogP contribution >= 0.6 is 0 Å². The molecule has 0 unspecified atom stereocenters. The third kappa shape index (κ3) is 3.13. The number of likely N-dealkylation sites (N-methyl/N-ethyl adjacent to an activating group) is 1. The van der Waals surface area contributed by atoms with Crippen molar-refractivity contribution < 1.29 is 14.7 Å². The number of amides is 1. The zero-order chi connectivity index (χ0) is 13.0. The molecule has 17 heavy (non-hydrogen) atoms. The smallest absolute Gasteiger partial charge is 0.339 e. The Morgan fingerprint density at radius 1 is 1.53 bits per heavy atom. The van der Waals surface area contributed by atoms with Crippen LogP contribution in [0.5, 0.6) is 0 Å². The van der Waals surface area contributed by atoms with Gasteiger partial charge in [0.1, 0.15) is 0 Å². The van der Waals surface area contributed by atoms with Gasteiger partial charge in [-0.25, -0.2) is 14.8 Å². The van der Waals surface area contributed by atoms with Crippen LogP contribution in [0.2, 0.25) is 0 Å². The predicted molar refractivity (Wildman–Crippen MR) is 60.8 cm³/mol. The minimum Gasteiger partial charge on any atom is -0.478 e. The number of aromatic carboxylic acids is 1. The number of carbonyl (C=O) groups excluding carboxylic acids is 1. The van der Waals surface area contributed by atoms with Gasteiger partial charge in [0, 0.05) is 12.7 Å². The number of nitrogens with two attached hydrogens (primary N) is 1. The molecule has 92 valence electrons. The maximum atomic E-state index is 10.8. The largest absolute Gasteiger partial charge is 0.478 e. The summed E-state index contributed by atoms with van der Waals surface area (Å²) in [5.74, 6) is -1.27. The molecule has 1 rings (SSSR count). The monoisotopic (exact) mass is 238 g/mol. The molecule has 1 heterocycles. The molecule has 3 N–H and O–H groups in total. The van der Waals surface area contributed by atoms with Gasteiger partial charge in [0.25, 0.3) is 0 Å². The summed E-state index contributed by atoms with van der Waals surface area (Å²) in [5.41, 5.74) is 5.49. The molecule has 0 aliphatic carbocycles. The zero-order valence-corrected chi connectivity index (χ0v) is 9.67. The topological polar surface area (TPSA) is 109 Å². The highest BCUT2D eigenvalue weighted by Gasteiger charge is 2.14. The van der Waals surface area contributed by atoms with E-state index < -0.39 is 11.9 Å². The van der Waals surface area contributed by atoms with Crippen molar-refractivity contribution in [1.82, 2.24) is 9.97 Å². The number of rotatable bonds is 5. The summed E-state index contributed by atoms with van der Waals surface area (Å²) >= 11 is 0. The fourth-order valence-corrected chi connectivity index (χ4v) is 1.33. The minimum absolute atomic E-state index is 0.00234. The van der Waals surface area contributed by atoms with E-state index in [4.69, 9.17) is 10.8 Å². The average Bonchev–Trinajstić information content (AvgIpc) is 2.24. The molecular weight excluding hydrogens is 224 g/mol. The molecule has 0 bridgehead atoms. The van der Waals surface area contributed by atoms with Crippen molar-refractivity contribution in [2.45, 2.75) is 13.8 Å². The Balaban J connectivity index is 3.02. The number of carbonyl (C=O) groups is 2. The van der Waals surface area contributed by atoms with E-state index >= 15 is 0 Å². The second-order valence-electron chi connectivity index (χ2n) is 3.45. The average molecular weight is 238 g/mol. The number of aryl methyl sites for hydroxylation is 1. The third-order valence-corrected chi connectivity index (χ3v) is 2.21.